The molecule has 0 radical (unpaired) electrons. The fourth-order valence-electron chi connectivity index (χ4n) is 3.25. The Morgan fingerprint density at radius 2 is 1.93 bits per heavy atom. The topological polar surface area (TPSA) is 83.7 Å². The lowest BCUT2D eigenvalue weighted by Gasteiger charge is -2.27. The van der Waals surface area contributed by atoms with E-state index in [1.54, 1.807) is 17.0 Å². The zero-order valence-electron chi connectivity index (χ0n) is 15.2. The number of amides is 1. The second kappa shape index (κ2) is 7.59. The van der Waals surface area contributed by atoms with Gasteiger partial charge in [0.1, 0.15) is 0 Å². The number of hydrogen-bond donors (Lipinski definition) is 1. The maximum Gasteiger partial charge on any atom is 0.241 e. The van der Waals surface area contributed by atoms with Crippen molar-refractivity contribution < 1.29 is 13.2 Å². The second-order valence-electron chi connectivity index (χ2n) is 6.77. The maximum atomic E-state index is 12.8. The predicted molar refractivity (Wildman–Crippen MR) is 106 cm³/mol. The maximum absolute atomic E-state index is 12.8. The summed E-state index contributed by atoms with van der Waals surface area (Å²) in [6.07, 6.45) is 0.612. The van der Waals surface area contributed by atoms with E-state index in [2.05, 4.69) is 0 Å². The minimum absolute atomic E-state index is 0.0274. The zero-order valence-corrected chi connectivity index (χ0v) is 16.8. The number of nitrogens with two attached hydrogens (primary N) is 1. The lowest BCUT2D eigenvalue weighted by Crippen LogP contribution is -2.39. The number of primary sulfonamides is 1. The van der Waals surface area contributed by atoms with Gasteiger partial charge in [-0.15, -0.1) is 0 Å². The van der Waals surface area contributed by atoms with E-state index >= 15 is 0 Å². The van der Waals surface area contributed by atoms with Gasteiger partial charge in [-0.05, 0) is 61.9 Å². The summed E-state index contributed by atoms with van der Waals surface area (Å²) >= 11 is 5.93. The third-order valence-corrected chi connectivity index (χ3v) is 6.14. The minimum Gasteiger partial charge on any atom is -0.311 e. The predicted octanol–water partition coefficient (Wildman–Crippen LogP) is 2.57. The molecule has 0 spiro atoms. The molecule has 6 nitrogen and oxygen atoms in total. The summed E-state index contributed by atoms with van der Waals surface area (Å²) in [5, 5.41) is 5.86. The van der Waals surface area contributed by atoms with Gasteiger partial charge in [-0.3, -0.25) is 9.69 Å². The summed E-state index contributed by atoms with van der Waals surface area (Å²) < 4.78 is 23.0. The standard InChI is InChI=1S/C19H22ClN3O3S/c1-13(14-3-5-16(20)6-4-14)22(2)12-19(24)23-10-9-15-11-17(27(21,25)26)7-8-18(15)23/h3-8,11,13H,9-10,12H2,1-2H3,(H2,21,25,26). The van der Waals surface area contributed by atoms with E-state index in [0.29, 0.717) is 18.0 Å². The van der Waals surface area contributed by atoms with Crippen LogP contribution in [0.4, 0.5) is 5.69 Å². The highest BCUT2D eigenvalue weighted by molar-refractivity contribution is 7.89. The lowest BCUT2D eigenvalue weighted by atomic mass is 10.1. The molecule has 1 amide bonds. The number of carbonyl (C=O) groups excluding carboxylic acids is 1. The molecule has 2 aromatic carbocycles. The number of fused-ring (bicyclic) bond motifs is 1. The van der Waals surface area contributed by atoms with Crippen LogP contribution >= 0.6 is 11.6 Å². The van der Waals surface area contributed by atoms with Crippen LogP contribution < -0.4 is 10.0 Å². The van der Waals surface area contributed by atoms with Gasteiger partial charge in [-0.1, -0.05) is 23.7 Å². The molecule has 8 heteroatoms. The summed E-state index contributed by atoms with van der Waals surface area (Å²) in [6.45, 7) is 2.82. The van der Waals surface area contributed by atoms with E-state index < -0.39 is 10.0 Å². The molecule has 3 rings (SSSR count). The van der Waals surface area contributed by atoms with Crippen LogP contribution in [0.15, 0.2) is 47.4 Å². The van der Waals surface area contributed by atoms with Crippen LogP contribution in [0, 0.1) is 0 Å². The highest BCUT2D eigenvalue weighted by atomic mass is 35.5. The molecule has 1 atom stereocenters. The number of carbonyl (C=O) groups is 1. The molecular formula is C19H22ClN3O3S. The van der Waals surface area contributed by atoms with Gasteiger partial charge in [-0.2, -0.15) is 0 Å². The number of rotatable bonds is 5. The number of likely N-dealkylation sites (N-methyl/N-ethyl adjacent to an activating group) is 1. The van der Waals surface area contributed by atoms with E-state index in [4.69, 9.17) is 16.7 Å². The van der Waals surface area contributed by atoms with Gasteiger partial charge in [0.25, 0.3) is 0 Å². The molecule has 1 aliphatic heterocycles. The number of halogens is 1. The van der Waals surface area contributed by atoms with Crippen molar-refractivity contribution in [1.82, 2.24) is 4.90 Å². The van der Waals surface area contributed by atoms with E-state index in [9.17, 15) is 13.2 Å². The molecule has 1 heterocycles. The van der Waals surface area contributed by atoms with Crippen molar-refractivity contribution in [3.63, 3.8) is 0 Å². The SMILES string of the molecule is CC(c1ccc(Cl)cc1)N(C)CC(=O)N1CCc2cc(S(N)(=O)=O)ccc21. The van der Waals surface area contributed by atoms with Crippen molar-refractivity contribution in [2.24, 2.45) is 5.14 Å². The number of benzene rings is 2. The van der Waals surface area contributed by atoms with Gasteiger partial charge in [0.15, 0.2) is 0 Å². The van der Waals surface area contributed by atoms with Crippen molar-refractivity contribution in [3.05, 3.63) is 58.6 Å². The average molecular weight is 408 g/mol. The van der Waals surface area contributed by atoms with Crippen LogP contribution in [0.5, 0.6) is 0 Å². The van der Waals surface area contributed by atoms with Gasteiger partial charge >= 0.3 is 0 Å². The normalized spacial score (nSPS) is 15.1. The summed E-state index contributed by atoms with van der Waals surface area (Å²) in [6, 6.07) is 12.3. The van der Waals surface area contributed by atoms with Gasteiger partial charge in [0, 0.05) is 23.3 Å². The van der Waals surface area contributed by atoms with Gasteiger partial charge < -0.3 is 4.90 Å². The van der Waals surface area contributed by atoms with Crippen molar-refractivity contribution in [3.8, 4) is 0 Å². The molecule has 0 bridgehead atoms. The molecule has 2 aromatic rings. The van der Waals surface area contributed by atoms with Crippen molar-refractivity contribution in [2.45, 2.75) is 24.3 Å². The van der Waals surface area contributed by atoms with Crippen LogP contribution in [-0.4, -0.2) is 39.4 Å². The summed E-state index contributed by atoms with van der Waals surface area (Å²) in [5.74, 6) is -0.0274. The highest BCUT2D eigenvalue weighted by Crippen LogP contribution is 2.30. The molecule has 144 valence electrons. The third-order valence-electron chi connectivity index (χ3n) is 4.97. The van der Waals surface area contributed by atoms with Crippen LogP contribution in [0.3, 0.4) is 0 Å². The zero-order chi connectivity index (χ0) is 19.8. The Balaban J connectivity index is 1.72. The molecular weight excluding hydrogens is 386 g/mol. The monoisotopic (exact) mass is 407 g/mol. The molecule has 1 aliphatic rings. The van der Waals surface area contributed by atoms with E-state index in [1.807, 2.05) is 43.1 Å². The van der Waals surface area contributed by atoms with Gasteiger partial charge in [0.05, 0.1) is 11.4 Å². The Kier molecular flexibility index (Phi) is 5.58. The quantitative estimate of drug-likeness (QED) is 0.825. The minimum atomic E-state index is -3.75. The van der Waals surface area contributed by atoms with Gasteiger partial charge in [0.2, 0.25) is 15.9 Å². The second-order valence-corrected chi connectivity index (χ2v) is 8.77. The summed E-state index contributed by atoms with van der Waals surface area (Å²) in [4.78, 5) is 16.6. The largest absolute Gasteiger partial charge is 0.311 e. The van der Waals surface area contributed by atoms with Gasteiger partial charge in [-0.25, -0.2) is 13.6 Å². The fraction of sp³-hybridized carbons (Fsp3) is 0.316. The first-order chi connectivity index (χ1) is 12.7. The molecule has 0 fully saturated rings. The van der Waals surface area contributed by atoms with Crippen LogP contribution in [0.1, 0.15) is 24.1 Å². The van der Waals surface area contributed by atoms with E-state index in [-0.39, 0.29) is 23.4 Å². The first-order valence-electron chi connectivity index (χ1n) is 8.58. The first kappa shape index (κ1) is 19.8. The summed E-state index contributed by atoms with van der Waals surface area (Å²) in [7, 11) is -1.85. The Bertz CT molecular complexity index is 961. The first-order valence-corrected chi connectivity index (χ1v) is 10.5. The Hall–Kier alpha value is -1.93. The third kappa shape index (κ3) is 4.32. The Labute approximate surface area is 164 Å². The average Bonchev–Trinajstić information content (AvgIpc) is 3.04. The summed E-state index contributed by atoms with van der Waals surface area (Å²) in [5.41, 5.74) is 2.65. The fourth-order valence-corrected chi connectivity index (χ4v) is 3.94. The van der Waals surface area contributed by atoms with Crippen LogP contribution in [0.2, 0.25) is 5.02 Å². The number of anilines is 1. The molecule has 0 saturated carbocycles. The molecule has 27 heavy (non-hydrogen) atoms. The van der Waals surface area contributed by atoms with Crippen molar-refractivity contribution >= 4 is 33.2 Å². The van der Waals surface area contributed by atoms with Crippen molar-refractivity contribution in [1.29, 1.82) is 0 Å². The van der Waals surface area contributed by atoms with Crippen LogP contribution in [-0.2, 0) is 21.2 Å². The molecule has 2 N–H and O–H groups in total. The highest BCUT2D eigenvalue weighted by Gasteiger charge is 2.27. The number of hydrogen-bond acceptors (Lipinski definition) is 4. The number of sulfonamides is 1. The smallest absolute Gasteiger partial charge is 0.241 e. The van der Waals surface area contributed by atoms with E-state index in [1.165, 1.54) is 6.07 Å². The molecule has 1 unspecified atom stereocenters. The van der Waals surface area contributed by atoms with Crippen molar-refractivity contribution in [2.75, 3.05) is 25.0 Å². The van der Waals surface area contributed by atoms with Crippen LogP contribution in [0.25, 0.3) is 0 Å². The lowest BCUT2D eigenvalue weighted by molar-refractivity contribution is -0.119. The molecule has 0 saturated heterocycles. The number of nitrogens with zero attached hydrogens (tertiary/aromatic N) is 2. The molecule has 0 aromatic heterocycles. The molecule has 0 aliphatic carbocycles. The van der Waals surface area contributed by atoms with E-state index in [0.717, 1.165) is 16.8 Å². The Morgan fingerprint density at radius 1 is 1.26 bits per heavy atom. The Morgan fingerprint density at radius 3 is 2.56 bits per heavy atom.